The van der Waals surface area contributed by atoms with Crippen molar-refractivity contribution in [2.75, 3.05) is 0 Å². The highest BCUT2D eigenvalue weighted by Crippen LogP contribution is 2.42. The fraction of sp³-hybridized carbons (Fsp3) is 0.438. The number of fused-ring (bicyclic) bond motifs is 3. The molecule has 4 rings (SSSR count). The van der Waals surface area contributed by atoms with Crippen LogP contribution in [0.4, 0.5) is 0 Å². The van der Waals surface area contributed by atoms with Crippen LogP contribution in [0.15, 0.2) is 30.6 Å². The Bertz CT molecular complexity index is 722. The molecular formula is C16H19N3. The second-order valence-corrected chi connectivity index (χ2v) is 5.69. The lowest BCUT2D eigenvalue weighted by Gasteiger charge is -2.18. The number of H-pyrrole nitrogens is 1. The van der Waals surface area contributed by atoms with E-state index >= 15 is 0 Å². The molecular weight excluding hydrogens is 234 g/mol. The first-order valence-electron chi connectivity index (χ1n) is 7.32. The molecule has 98 valence electrons. The summed E-state index contributed by atoms with van der Waals surface area (Å²) in [6, 6.07) is 6.65. The van der Waals surface area contributed by atoms with Crippen molar-refractivity contribution < 1.29 is 0 Å². The maximum atomic E-state index is 4.47. The van der Waals surface area contributed by atoms with Crippen molar-refractivity contribution in [1.82, 2.24) is 14.4 Å². The number of nitrogens with zero attached hydrogens (tertiary/aromatic N) is 2. The van der Waals surface area contributed by atoms with Gasteiger partial charge >= 0.3 is 0 Å². The fourth-order valence-electron chi connectivity index (χ4n) is 3.82. The zero-order valence-electron chi connectivity index (χ0n) is 11.3. The monoisotopic (exact) mass is 253 g/mol. The van der Waals surface area contributed by atoms with Crippen LogP contribution in [0.1, 0.15) is 44.2 Å². The van der Waals surface area contributed by atoms with E-state index in [1.165, 1.54) is 42.4 Å². The Morgan fingerprint density at radius 3 is 3.16 bits per heavy atom. The van der Waals surface area contributed by atoms with Crippen LogP contribution in [0, 0.1) is 5.92 Å². The van der Waals surface area contributed by atoms with Gasteiger partial charge in [-0.25, -0.2) is 4.98 Å². The smallest absolute Gasteiger partial charge is 0.154 e. The lowest BCUT2D eigenvalue weighted by molar-refractivity contribution is 0.461. The number of hydrogen-bond acceptors (Lipinski definition) is 1. The number of aromatic nitrogens is 3. The third-order valence-corrected chi connectivity index (χ3v) is 4.78. The Hall–Kier alpha value is -1.77. The van der Waals surface area contributed by atoms with Crippen molar-refractivity contribution >= 4 is 16.7 Å². The minimum atomic E-state index is 0.716. The Morgan fingerprint density at radius 2 is 2.26 bits per heavy atom. The summed E-state index contributed by atoms with van der Waals surface area (Å²) in [5, 5.41) is 0. The molecule has 1 aliphatic carbocycles. The Kier molecular flexibility index (Phi) is 2.40. The predicted molar refractivity (Wildman–Crippen MR) is 77.4 cm³/mol. The molecule has 3 nitrogen and oxygen atoms in total. The van der Waals surface area contributed by atoms with Crippen LogP contribution < -0.4 is 0 Å². The molecule has 19 heavy (non-hydrogen) atoms. The molecule has 3 heterocycles. The van der Waals surface area contributed by atoms with E-state index in [2.05, 4.69) is 39.5 Å². The second kappa shape index (κ2) is 4.12. The summed E-state index contributed by atoms with van der Waals surface area (Å²) in [6.45, 7) is 2.33. The van der Waals surface area contributed by atoms with Gasteiger partial charge in [0, 0.05) is 17.8 Å². The van der Waals surface area contributed by atoms with Gasteiger partial charge in [0.2, 0.25) is 0 Å². The topological polar surface area (TPSA) is 33.1 Å². The Balaban J connectivity index is 1.96. The third kappa shape index (κ3) is 1.54. The zero-order chi connectivity index (χ0) is 12.8. The van der Waals surface area contributed by atoms with Crippen LogP contribution in [0.3, 0.4) is 0 Å². The van der Waals surface area contributed by atoms with Crippen molar-refractivity contribution in [3.05, 3.63) is 36.3 Å². The SMILES string of the molecule is CC[C@@H]1CCC[C@@H]1c1ccc2cnc3[nH]ccc3n12. The number of aromatic amines is 1. The first-order chi connectivity index (χ1) is 9.38. The van der Waals surface area contributed by atoms with E-state index in [0.29, 0.717) is 5.92 Å². The average molecular weight is 253 g/mol. The van der Waals surface area contributed by atoms with Crippen molar-refractivity contribution in [2.24, 2.45) is 5.92 Å². The maximum Gasteiger partial charge on any atom is 0.154 e. The standard InChI is InChI=1S/C16H19N3/c1-2-11-4-3-5-13(11)14-7-6-12-10-18-16-15(19(12)14)8-9-17-16/h6-11,13,17H,2-5H2,1H3/t11-,13+/m1/s1. The molecule has 0 amide bonds. The molecule has 1 N–H and O–H groups in total. The van der Waals surface area contributed by atoms with Gasteiger partial charge < -0.3 is 9.38 Å². The van der Waals surface area contributed by atoms with Gasteiger partial charge in [-0.05, 0) is 37.0 Å². The summed E-state index contributed by atoms with van der Waals surface area (Å²) >= 11 is 0. The molecule has 0 aromatic carbocycles. The van der Waals surface area contributed by atoms with Crippen LogP contribution in [0.2, 0.25) is 0 Å². The van der Waals surface area contributed by atoms with Gasteiger partial charge in [0.25, 0.3) is 0 Å². The Morgan fingerprint density at radius 1 is 1.32 bits per heavy atom. The highest BCUT2D eigenvalue weighted by atomic mass is 15.0. The van der Waals surface area contributed by atoms with Crippen molar-refractivity contribution in [2.45, 2.75) is 38.5 Å². The van der Waals surface area contributed by atoms with Gasteiger partial charge in [-0.1, -0.05) is 19.8 Å². The molecule has 1 aliphatic rings. The van der Waals surface area contributed by atoms with Gasteiger partial charge in [0.1, 0.15) is 0 Å². The maximum absolute atomic E-state index is 4.47. The molecule has 0 aliphatic heterocycles. The molecule has 1 saturated carbocycles. The van der Waals surface area contributed by atoms with E-state index < -0.39 is 0 Å². The summed E-state index contributed by atoms with van der Waals surface area (Å²) in [5.74, 6) is 1.56. The summed E-state index contributed by atoms with van der Waals surface area (Å²) in [7, 11) is 0. The lowest BCUT2D eigenvalue weighted by atomic mass is 9.91. The first kappa shape index (κ1) is 11.1. The number of nitrogens with one attached hydrogen (secondary N) is 1. The molecule has 0 spiro atoms. The second-order valence-electron chi connectivity index (χ2n) is 5.69. The summed E-state index contributed by atoms with van der Waals surface area (Å²) in [5.41, 5.74) is 4.88. The van der Waals surface area contributed by atoms with Gasteiger partial charge in [0.05, 0.1) is 17.2 Å². The minimum Gasteiger partial charge on any atom is -0.345 e. The summed E-state index contributed by atoms with van der Waals surface area (Å²) in [4.78, 5) is 7.68. The molecule has 0 saturated heterocycles. The van der Waals surface area contributed by atoms with Gasteiger partial charge in [-0.3, -0.25) is 0 Å². The first-order valence-corrected chi connectivity index (χ1v) is 7.32. The molecule has 3 heteroatoms. The molecule has 3 aromatic heterocycles. The number of rotatable bonds is 2. The normalized spacial score (nSPS) is 23.6. The quantitative estimate of drug-likeness (QED) is 0.732. The molecule has 0 unspecified atom stereocenters. The van der Waals surface area contributed by atoms with E-state index in [1.807, 2.05) is 12.4 Å². The van der Waals surface area contributed by atoms with Gasteiger partial charge in [0.15, 0.2) is 5.65 Å². The molecule has 1 fully saturated rings. The van der Waals surface area contributed by atoms with E-state index in [1.54, 1.807) is 0 Å². The number of hydrogen-bond donors (Lipinski definition) is 1. The highest BCUT2D eigenvalue weighted by molar-refractivity contribution is 5.76. The fourth-order valence-corrected chi connectivity index (χ4v) is 3.82. The Labute approximate surface area is 112 Å². The third-order valence-electron chi connectivity index (χ3n) is 4.78. The van der Waals surface area contributed by atoms with E-state index in [4.69, 9.17) is 0 Å². The highest BCUT2D eigenvalue weighted by Gasteiger charge is 2.29. The van der Waals surface area contributed by atoms with Crippen molar-refractivity contribution in [3.63, 3.8) is 0 Å². The van der Waals surface area contributed by atoms with E-state index in [9.17, 15) is 0 Å². The summed E-state index contributed by atoms with van der Waals surface area (Å²) < 4.78 is 2.40. The van der Waals surface area contributed by atoms with Gasteiger partial charge in [-0.2, -0.15) is 0 Å². The molecule has 0 bridgehead atoms. The van der Waals surface area contributed by atoms with Crippen molar-refractivity contribution in [1.29, 1.82) is 0 Å². The lowest BCUT2D eigenvalue weighted by Crippen LogP contribution is -2.08. The van der Waals surface area contributed by atoms with Crippen LogP contribution >= 0.6 is 0 Å². The van der Waals surface area contributed by atoms with Crippen LogP contribution in [-0.2, 0) is 0 Å². The van der Waals surface area contributed by atoms with Crippen molar-refractivity contribution in [3.8, 4) is 0 Å². The predicted octanol–water partition coefficient (Wildman–Crippen LogP) is 4.11. The average Bonchev–Trinajstić information content (AvgIpc) is 3.15. The minimum absolute atomic E-state index is 0.716. The van der Waals surface area contributed by atoms with E-state index in [0.717, 1.165) is 11.6 Å². The summed E-state index contributed by atoms with van der Waals surface area (Å²) in [6.07, 6.45) is 9.33. The van der Waals surface area contributed by atoms with Gasteiger partial charge in [-0.15, -0.1) is 0 Å². The van der Waals surface area contributed by atoms with E-state index in [-0.39, 0.29) is 0 Å². The largest absolute Gasteiger partial charge is 0.345 e. The van der Waals surface area contributed by atoms with Crippen LogP contribution in [0.5, 0.6) is 0 Å². The molecule has 2 atom stereocenters. The van der Waals surface area contributed by atoms with Crippen LogP contribution in [0.25, 0.3) is 16.7 Å². The molecule has 0 radical (unpaired) electrons. The van der Waals surface area contributed by atoms with Crippen LogP contribution in [-0.4, -0.2) is 14.4 Å². The zero-order valence-corrected chi connectivity index (χ0v) is 11.3. The molecule has 3 aromatic rings.